The van der Waals surface area contributed by atoms with Crippen LogP contribution in [0.5, 0.6) is 0 Å². The van der Waals surface area contributed by atoms with Crippen LogP contribution in [0.25, 0.3) is 0 Å². The molecule has 0 fully saturated rings. The van der Waals surface area contributed by atoms with Crippen molar-refractivity contribution in [3.63, 3.8) is 0 Å². The molecule has 124 valence electrons. The SMILES string of the molecule is Brc1ccc(CCOCOCOCCc2ccc(Br)cc2)cc1. The van der Waals surface area contributed by atoms with E-state index in [1.165, 1.54) is 11.1 Å². The maximum atomic E-state index is 5.43. The van der Waals surface area contributed by atoms with Gasteiger partial charge in [0, 0.05) is 8.95 Å². The van der Waals surface area contributed by atoms with Crippen molar-refractivity contribution < 1.29 is 14.2 Å². The van der Waals surface area contributed by atoms with Crippen LogP contribution in [-0.2, 0) is 27.1 Å². The van der Waals surface area contributed by atoms with Crippen molar-refractivity contribution in [3.05, 3.63) is 68.6 Å². The van der Waals surface area contributed by atoms with Crippen molar-refractivity contribution >= 4 is 31.9 Å². The van der Waals surface area contributed by atoms with Gasteiger partial charge in [0.1, 0.15) is 13.6 Å². The molecular formula is C18H20Br2O3. The van der Waals surface area contributed by atoms with E-state index in [0.29, 0.717) is 13.2 Å². The van der Waals surface area contributed by atoms with E-state index in [0.717, 1.165) is 21.8 Å². The average molecular weight is 444 g/mol. The first-order chi connectivity index (χ1) is 11.2. The van der Waals surface area contributed by atoms with Crippen molar-refractivity contribution in [2.75, 3.05) is 26.8 Å². The van der Waals surface area contributed by atoms with Crippen LogP contribution >= 0.6 is 31.9 Å². The lowest BCUT2D eigenvalue weighted by atomic mass is 10.2. The van der Waals surface area contributed by atoms with E-state index in [9.17, 15) is 0 Å². The predicted octanol–water partition coefficient (Wildman–Crippen LogP) is 4.96. The molecule has 0 amide bonds. The molecule has 0 saturated carbocycles. The molecule has 0 atom stereocenters. The third-order valence-corrected chi connectivity index (χ3v) is 4.29. The summed E-state index contributed by atoms with van der Waals surface area (Å²) in [6, 6.07) is 16.5. The number of ether oxygens (including phenoxy) is 3. The normalized spacial score (nSPS) is 10.9. The molecule has 0 bridgehead atoms. The number of hydrogen-bond acceptors (Lipinski definition) is 3. The Hall–Kier alpha value is -0.720. The second kappa shape index (κ2) is 10.9. The second-order valence-corrected chi connectivity index (χ2v) is 6.84. The molecule has 0 aliphatic heterocycles. The summed E-state index contributed by atoms with van der Waals surface area (Å²) in [6.45, 7) is 1.80. The van der Waals surface area contributed by atoms with Gasteiger partial charge in [0.2, 0.25) is 0 Å². The van der Waals surface area contributed by atoms with Crippen LogP contribution in [0.2, 0.25) is 0 Å². The zero-order valence-corrected chi connectivity index (χ0v) is 16.0. The molecule has 2 aromatic carbocycles. The Balaban J connectivity index is 1.43. The summed E-state index contributed by atoms with van der Waals surface area (Å²) in [7, 11) is 0. The summed E-state index contributed by atoms with van der Waals surface area (Å²) < 4.78 is 18.3. The lowest BCUT2D eigenvalue weighted by molar-refractivity contribution is -0.130. The summed E-state index contributed by atoms with van der Waals surface area (Å²) >= 11 is 6.84. The standard InChI is InChI=1S/C18H20Br2O3/c19-17-5-1-15(2-6-17)9-11-21-13-23-14-22-12-10-16-3-7-18(20)8-4-16/h1-8H,9-14H2. The smallest absolute Gasteiger partial charge is 0.149 e. The minimum Gasteiger partial charge on any atom is -0.355 e. The van der Waals surface area contributed by atoms with Crippen LogP contribution in [-0.4, -0.2) is 26.8 Å². The molecule has 23 heavy (non-hydrogen) atoms. The van der Waals surface area contributed by atoms with Crippen molar-refractivity contribution in [2.45, 2.75) is 12.8 Å². The van der Waals surface area contributed by atoms with E-state index in [2.05, 4.69) is 56.1 Å². The Morgan fingerprint density at radius 1 is 0.565 bits per heavy atom. The van der Waals surface area contributed by atoms with Crippen molar-refractivity contribution in [1.29, 1.82) is 0 Å². The van der Waals surface area contributed by atoms with E-state index in [-0.39, 0.29) is 13.6 Å². The van der Waals surface area contributed by atoms with Gasteiger partial charge >= 0.3 is 0 Å². The molecule has 0 radical (unpaired) electrons. The highest BCUT2D eigenvalue weighted by Crippen LogP contribution is 2.11. The Bertz CT molecular complexity index is 504. The minimum atomic E-state index is 0.259. The molecule has 2 aromatic rings. The molecule has 0 saturated heterocycles. The fourth-order valence-corrected chi connectivity index (χ4v) is 2.48. The van der Waals surface area contributed by atoms with Gasteiger partial charge in [-0.15, -0.1) is 0 Å². The summed E-state index contributed by atoms with van der Waals surface area (Å²) in [5.41, 5.74) is 2.50. The Morgan fingerprint density at radius 3 is 1.35 bits per heavy atom. The molecule has 0 N–H and O–H groups in total. The summed E-state index contributed by atoms with van der Waals surface area (Å²) in [4.78, 5) is 0. The third kappa shape index (κ3) is 8.08. The van der Waals surface area contributed by atoms with Gasteiger partial charge in [-0.1, -0.05) is 56.1 Å². The minimum absolute atomic E-state index is 0.259. The predicted molar refractivity (Wildman–Crippen MR) is 98.4 cm³/mol. The number of rotatable bonds is 10. The van der Waals surface area contributed by atoms with E-state index >= 15 is 0 Å². The van der Waals surface area contributed by atoms with Gasteiger partial charge in [-0.3, -0.25) is 0 Å². The number of halogens is 2. The van der Waals surface area contributed by atoms with Crippen LogP contribution in [0.4, 0.5) is 0 Å². The van der Waals surface area contributed by atoms with Crippen molar-refractivity contribution in [1.82, 2.24) is 0 Å². The highest BCUT2D eigenvalue weighted by atomic mass is 79.9. The van der Waals surface area contributed by atoms with Gasteiger partial charge < -0.3 is 14.2 Å². The quantitative estimate of drug-likeness (QED) is 0.383. The third-order valence-electron chi connectivity index (χ3n) is 3.23. The molecule has 3 nitrogen and oxygen atoms in total. The number of hydrogen-bond donors (Lipinski definition) is 0. The van der Waals surface area contributed by atoms with Crippen molar-refractivity contribution in [3.8, 4) is 0 Å². The van der Waals surface area contributed by atoms with Crippen LogP contribution in [0.3, 0.4) is 0 Å². The lowest BCUT2D eigenvalue weighted by Gasteiger charge is -2.07. The van der Waals surface area contributed by atoms with Crippen LogP contribution in [0.1, 0.15) is 11.1 Å². The highest BCUT2D eigenvalue weighted by Gasteiger charge is 1.96. The van der Waals surface area contributed by atoms with E-state index in [1.54, 1.807) is 0 Å². The molecule has 2 rings (SSSR count). The molecule has 0 aliphatic rings. The lowest BCUT2D eigenvalue weighted by Crippen LogP contribution is -2.08. The summed E-state index contributed by atoms with van der Waals surface area (Å²) in [5.74, 6) is 0. The Morgan fingerprint density at radius 2 is 0.957 bits per heavy atom. The zero-order valence-electron chi connectivity index (χ0n) is 12.8. The molecule has 0 spiro atoms. The molecule has 0 heterocycles. The largest absolute Gasteiger partial charge is 0.355 e. The number of benzene rings is 2. The highest BCUT2D eigenvalue weighted by molar-refractivity contribution is 9.10. The van der Waals surface area contributed by atoms with E-state index < -0.39 is 0 Å². The van der Waals surface area contributed by atoms with E-state index in [4.69, 9.17) is 14.2 Å². The second-order valence-electron chi connectivity index (χ2n) is 5.01. The first-order valence-corrected chi connectivity index (χ1v) is 9.05. The fraction of sp³-hybridized carbons (Fsp3) is 0.333. The van der Waals surface area contributed by atoms with Crippen LogP contribution in [0, 0.1) is 0 Å². The average Bonchev–Trinajstić information content (AvgIpc) is 2.56. The first-order valence-electron chi connectivity index (χ1n) is 7.46. The van der Waals surface area contributed by atoms with Gasteiger partial charge in [0.25, 0.3) is 0 Å². The fourth-order valence-electron chi connectivity index (χ4n) is 1.95. The van der Waals surface area contributed by atoms with Gasteiger partial charge in [-0.05, 0) is 48.2 Å². The molecule has 5 heteroatoms. The summed E-state index contributed by atoms with van der Waals surface area (Å²) in [6.07, 6.45) is 1.75. The molecule has 0 unspecified atom stereocenters. The molecule has 0 aliphatic carbocycles. The van der Waals surface area contributed by atoms with Gasteiger partial charge in [-0.25, -0.2) is 0 Å². The van der Waals surface area contributed by atoms with Crippen LogP contribution < -0.4 is 0 Å². The van der Waals surface area contributed by atoms with Gasteiger partial charge in [-0.2, -0.15) is 0 Å². The van der Waals surface area contributed by atoms with Gasteiger partial charge in [0.05, 0.1) is 13.2 Å². The first kappa shape index (κ1) is 18.6. The maximum Gasteiger partial charge on any atom is 0.149 e. The van der Waals surface area contributed by atoms with Gasteiger partial charge in [0.15, 0.2) is 0 Å². The molecule has 0 aromatic heterocycles. The van der Waals surface area contributed by atoms with E-state index in [1.807, 2.05) is 24.3 Å². The Kier molecular flexibility index (Phi) is 8.86. The van der Waals surface area contributed by atoms with Crippen molar-refractivity contribution in [2.24, 2.45) is 0 Å². The Labute approximate surface area is 154 Å². The molecular weight excluding hydrogens is 424 g/mol. The maximum absolute atomic E-state index is 5.43. The topological polar surface area (TPSA) is 27.7 Å². The zero-order chi connectivity index (χ0) is 16.3. The summed E-state index contributed by atoms with van der Waals surface area (Å²) in [5, 5.41) is 0. The monoisotopic (exact) mass is 442 g/mol. The van der Waals surface area contributed by atoms with Crippen LogP contribution in [0.15, 0.2) is 57.5 Å².